The topological polar surface area (TPSA) is 80.3 Å². The number of carbonyl (C=O) groups is 1. The summed E-state index contributed by atoms with van der Waals surface area (Å²) in [7, 11) is 3.34. The number of allylic oxidation sites excluding steroid dienone is 6. The molecule has 1 amide bonds. The third-order valence-electron chi connectivity index (χ3n) is 6.08. The zero-order valence-corrected chi connectivity index (χ0v) is 18.4. The Hall–Kier alpha value is -3.35. The van der Waals surface area contributed by atoms with E-state index in [1.54, 1.807) is 20.4 Å². The molecule has 3 heterocycles. The van der Waals surface area contributed by atoms with E-state index in [1.165, 1.54) is 0 Å². The van der Waals surface area contributed by atoms with E-state index in [0.717, 1.165) is 53.3 Å². The number of aromatic nitrogens is 3. The van der Waals surface area contributed by atoms with E-state index in [0.29, 0.717) is 5.69 Å². The van der Waals surface area contributed by atoms with Gasteiger partial charge in [-0.15, -0.1) is 0 Å². The van der Waals surface area contributed by atoms with Gasteiger partial charge in [0.2, 0.25) is 0 Å². The van der Waals surface area contributed by atoms with E-state index in [-0.39, 0.29) is 17.9 Å². The van der Waals surface area contributed by atoms with Gasteiger partial charge in [0.15, 0.2) is 0 Å². The first kappa shape index (κ1) is 20.9. The van der Waals surface area contributed by atoms with Gasteiger partial charge in [-0.25, -0.2) is 0 Å². The minimum absolute atomic E-state index is 0.0799. The van der Waals surface area contributed by atoms with Crippen LogP contribution in [0.1, 0.15) is 72.4 Å². The molecular weight excluding hydrogens is 392 g/mol. The van der Waals surface area contributed by atoms with Gasteiger partial charge in [0.25, 0.3) is 5.91 Å². The van der Waals surface area contributed by atoms with Gasteiger partial charge in [-0.3, -0.25) is 19.8 Å². The van der Waals surface area contributed by atoms with Gasteiger partial charge in [-0.05, 0) is 56.5 Å². The number of nitrogens with zero attached hydrogens (tertiary/aromatic N) is 3. The fraction of sp³-hybridized carbons (Fsp3) is 0.375. The predicted molar refractivity (Wildman–Crippen MR) is 117 cm³/mol. The van der Waals surface area contributed by atoms with Crippen molar-refractivity contribution in [1.29, 1.82) is 0 Å². The summed E-state index contributed by atoms with van der Waals surface area (Å²) in [6.07, 6.45) is 12.1. The van der Waals surface area contributed by atoms with E-state index in [4.69, 9.17) is 9.47 Å². The van der Waals surface area contributed by atoms with E-state index in [1.807, 2.05) is 49.2 Å². The molecule has 2 aromatic rings. The van der Waals surface area contributed by atoms with Crippen LogP contribution in [0.3, 0.4) is 0 Å². The van der Waals surface area contributed by atoms with Crippen LogP contribution in [0.4, 0.5) is 0 Å². The van der Waals surface area contributed by atoms with Gasteiger partial charge in [-0.1, -0.05) is 6.07 Å². The van der Waals surface area contributed by atoms with Gasteiger partial charge in [-0.2, -0.15) is 5.10 Å². The lowest BCUT2D eigenvalue weighted by molar-refractivity contribution is 0.0799. The monoisotopic (exact) mass is 420 g/mol. The molecule has 4 rings (SSSR count). The van der Waals surface area contributed by atoms with E-state index >= 15 is 0 Å². The first-order chi connectivity index (χ1) is 15.0. The van der Waals surface area contributed by atoms with Crippen LogP contribution < -0.4 is 0 Å². The van der Waals surface area contributed by atoms with Gasteiger partial charge in [0, 0.05) is 36.0 Å². The zero-order chi connectivity index (χ0) is 22.0. The first-order valence-corrected chi connectivity index (χ1v) is 10.5. The molecule has 0 fully saturated rings. The van der Waals surface area contributed by atoms with Crippen molar-refractivity contribution >= 4 is 5.91 Å². The molecule has 0 aromatic carbocycles. The number of amides is 1. The van der Waals surface area contributed by atoms with Gasteiger partial charge < -0.3 is 9.47 Å². The maximum Gasteiger partial charge on any atom is 0.277 e. The summed E-state index contributed by atoms with van der Waals surface area (Å²) in [4.78, 5) is 19.6. The van der Waals surface area contributed by atoms with Crippen molar-refractivity contribution in [2.24, 2.45) is 0 Å². The minimum Gasteiger partial charge on any atom is -0.501 e. The summed E-state index contributed by atoms with van der Waals surface area (Å²) < 4.78 is 10.6. The SMILES string of the molecule is COC1=CCC(c2n[nH]c3c2C(c2cccnc2)N(/C(C)=C/C=C(\C)OC)C3=O)CC1. The van der Waals surface area contributed by atoms with Crippen molar-refractivity contribution in [2.45, 2.75) is 45.1 Å². The average Bonchev–Trinajstić information content (AvgIpc) is 3.36. The first-order valence-electron chi connectivity index (χ1n) is 10.5. The largest absolute Gasteiger partial charge is 0.501 e. The smallest absolute Gasteiger partial charge is 0.277 e. The Morgan fingerprint density at radius 2 is 2.13 bits per heavy atom. The molecule has 7 nitrogen and oxygen atoms in total. The molecule has 0 bridgehead atoms. The van der Waals surface area contributed by atoms with Crippen molar-refractivity contribution in [1.82, 2.24) is 20.1 Å². The number of hydrogen-bond donors (Lipinski definition) is 1. The highest BCUT2D eigenvalue weighted by atomic mass is 16.5. The number of hydrogen-bond acceptors (Lipinski definition) is 5. The van der Waals surface area contributed by atoms with E-state index in [9.17, 15) is 4.79 Å². The number of ether oxygens (including phenoxy) is 2. The standard InChI is InChI=1S/C24H28N4O3/c1-15(7-8-16(2)30-3)28-23(18-6-5-13-25-14-18)20-21(26-27-22(20)24(28)29)17-9-11-19(31-4)12-10-17/h5-8,11,13-14,17,23H,9-10,12H2,1-4H3,(H,26,27)/b15-7+,16-8+. The van der Waals surface area contributed by atoms with Crippen LogP contribution in [0.15, 0.2) is 60.0 Å². The summed E-state index contributed by atoms with van der Waals surface area (Å²) in [5.41, 5.74) is 4.27. The molecule has 1 N–H and O–H groups in total. The minimum atomic E-state index is -0.273. The average molecular weight is 421 g/mol. The number of carbonyl (C=O) groups excluding carboxylic acids is 1. The van der Waals surface area contributed by atoms with Crippen LogP contribution >= 0.6 is 0 Å². The maximum atomic E-state index is 13.4. The van der Waals surface area contributed by atoms with Crippen LogP contribution in [0, 0.1) is 0 Å². The Morgan fingerprint density at radius 1 is 1.29 bits per heavy atom. The Bertz CT molecular complexity index is 1050. The molecule has 0 saturated carbocycles. The molecule has 0 saturated heterocycles. The third kappa shape index (κ3) is 3.87. The van der Waals surface area contributed by atoms with Crippen LogP contribution in [-0.4, -0.2) is 40.2 Å². The molecule has 7 heteroatoms. The molecule has 2 aliphatic rings. The van der Waals surface area contributed by atoms with Crippen LogP contribution in [0.2, 0.25) is 0 Å². The maximum absolute atomic E-state index is 13.4. The second-order valence-corrected chi connectivity index (χ2v) is 7.90. The molecule has 1 aliphatic carbocycles. The highest BCUT2D eigenvalue weighted by Gasteiger charge is 2.44. The van der Waals surface area contributed by atoms with Crippen LogP contribution in [0.25, 0.3) is 0 Å². The zero-order valence-electron chi connectivity index (χ0n) is 18.4. The van der Waals surface area contributed by atoms with Crippen LogP contribution in [0.5, 0.6) is 0 Å². The van der Waals surface area contributed by atoms with Gasteiger partial charge in [0.05, 0.1) is 37.5 Å². The Labute approximate surface area is 182 Å². The number of methoxy groups -OCH3 is 2. The van der Waals surface area contributed by atoms with E-state index < -0.39 is 0 Å². The van der Waals surface area contributed by atoms with Crippen LogP contribution in [-0.2, 0) is 9.47 Å². The second-order valence-electron chi connectivity index (χ2n) is 7.90. The normalized spacial score (nSPS) is 21.7. The molecule has 162 valence electrons. The summed E-state index contributed by atoms with van der Waals surface area (Å²) in [6, 6.07) is 3.64. The molecule has 1 aliphatic heterocycles. The summed E-state index contributed by atoms with van der Waals surface area (Å²) in [6.45, 7) is 3.82. The molecule has 0 spiro atoms. The lowest BCUT2D eigenvalue weighted by Crippen LogP contribution is -2.28. The summed E-state index contributed by atoms with van der Waals surface area (Å²) in [5, 5.41) is 7.64. The van der Waals surface area contributed by atoms with Crippen molar-refractivity contribution in [3.05, 3.63) is 82.5 Å². The van der Waals surface area contributed by atoms with Crippen molar-refractivity contribution in [3.8, 4) is 0 Å². The fourth-order valence-electron chi connectivity index (χ4n) is 4.33. The van der Waals surface area contributed by atoms with E-state index in [2.05, 4.69) is 21.3 Å². The van der Waals surface area contributed by atoms with Crippen molar-refractivity contribution < 1.29 is 14.3 Å². The summed E-state index contributed by atoms with van der Waals surface area (Å²) >= 11 is 0. The number of fused-ring (bicyclic) bond motifs is 1. The Balaban J connectivity index is 1.78. The molecular formula is C24H28N4O3. The number of rotatable bonds is 6. The Morgan fingerprint density at radius 3 is 2.77 bits per heavy atom. The molecule has 2 atom stereocenters. The highest BCUT2D eigenvalue weighted by Crippen LogP contribution is 2.45. The molecule has 0 radical (unpaired) electrons. The molecule has 2 aromatic heterocycles. The second kappa shape index (κ2) is 8.79. The summed E-state index contributed by atoms with van der Waals surface area (Å²) in [5.74, 6) is 1.95. The quantitative estimate of drug-likeness (QED) is 0.546. The number of aromatic amines is 1. The number of nitrogens with one attached hydrogen (secondary N) is 1. The van der Waals surface area contributed by atoms with Gasteiger partial charge in [0.1, 0.15) is 5.69 Å². The predicted octanol–water partition coefficient (Wildman–Crippen LogP) is 4.60. The number of H-pyrrole nitrogens is 1. The number of pyridine rings is 1. The Kier molecular flexibility index (Phi) is 5.93. The van der Waals surface area contributed by atoms with Crippen molar-refractivity contribution in [2.75, 3.05) is 14.2 Å². The van der Waals surface area contributed by atoms with Gasteiger partial charge >= 0.3 is 0 Å². The molecule has 31 heavy (non-hydrogen) atoms. The highest BCUT2D eigenvalue weighted by molar-refractivity contribution is 5.99. The van der Waals surface area contributed by atoms with Crippen molar-refractivity contribution in [3.63, 3.8) is 0 Å². The lowest BCUT2D eigenvalue weighted by Gasteiger charge is -2.28. The molecule has 2 unspecified atom stereocenters. The third-order valence-corrected chi connectivity index (χ3v) is 6.08. The lowest BCUT2D eigenvalue weighted by atomic mass is 9.86. The fourth-order valence-corrected chi connectivity index (χ4v) is 4.33.